The van der Waals surface area contributed by atoms with Gasteiger partial charge in [-0.3, -0.25) is 4.79 Å². The Kier molecular flexibility index (Phi) is 4.83. The number of fused-ring (bicyclic) bond motifs is 1. The van der Waals surface area contributed by atoms with Crippen molar-refractivity contribution in [1.29, 1.82) is 0 Å². The van der Waals surface area contributed by atoms with Crippen molar-refractivity contribution in [2.75, 3.05) is 11.5 Å². The van der Waals surface area contributed by atoms with Crippen molar-refractivity contribution in [3.8, 4) is 0 Å². The largest absolute Gasteiger partial charge is 0.358 e. The van der Waals surface area contributed by atoms with Crippen LogP contribution in [0.1, 0.15) is 41.1 Å². The van der Waals surface area contributed by atoms with Crippen LogP contribution < -0.4 is 0 Å². The van der Waals surface area contributed by atoms with Crippen LogP contribution >= 0.6 is 11.8 Å². The van der Waals surface area contributed by atoms with Crippen LogP contribution in [0.15, 0.2) is 29.4 Å². The number of H-pyrrole nitrogens is 1. The second-order valence-corrected chi connectivity index (χ2v) is 10.8. The Morgan fingerprint density at radius 1 is 1.32 bits per heavy atom. The van der Waals surface area contributed by atoms with Gasteiger partial charge >= 0.3 is 0 Å². The smallest absolute Gasteiger partial charge is 0.191 e. The van der Waals surface area contributed by atoms with Gasteiger partial charge in [0.25, 0.3) is 0 Å². The number of carbonyl (C=O) groups excluding carboxylic acids is 1. The van der Waals surface area contributed by atoms with E-state index in [4.69, 9.17) is 0 Å². The molecule has 2 unspecified atom stereocenters. The molecular formula is C19H22N4O3S2. The molecule has 0 bridgehead atoms. The van der Waals surface area contributed by atoms with Crippen molar-refractivity contribution in [2.24, 2.45) is 7.05 Å². The lowest BCUT2D eigenvalue weighted by molar-refractivity contribution is 0.0995. The summed E-state index contributed by atoms with van der Waals surface area (Å²) in [5, 5.41) is 9.63. The van der Waals surface area contributed by atoms with Crippen molar-refractivity contribution >= 4 is 38.3 Å². The minimum absolute atomic E-state index is 0.0351. The number of nitrogens with zero attached hydrogens (tertiary/aromatic N) is 3. The molecule has 0 aliphatic carbocycles. The molecule has 1 aliphatic heterocycles. The molecule has 1 N–H and O–H groups in total. The SMILES string of the molecule is Cc1[nH]c2ccccc2c1C(=O)C(C)Sc1nnc(C2CCS(=O)(=O)C2)n1C. The lowest BCUT2D eigenvalue weighted by atomic mass is 10.1. The molecule has 28 heavy (non-hydrogen) atoms. The second-order valence-electron chi connectivity index (χ2n) is 7.29. The standard InChI is InChI=1S/C19H22N4O3S2/c1-11-16(14-6-4-5-7-15(14)20-11)17(24)12(2)27-19-22-21-18(23(19)3)13-8-9-28(25,26)10-13/h4-7,12-13,20H,8-10H2,1-3H3. The minimum atomic E-state index is -2.99. The maximum Gasteiger partial charge on any atom is 0.191 e. The first-order valence-corrected chi connectivity index (χ1v) is 11.8. The summed E-state index contributed by atoms with van der Waals surface area (Å²) in [4.78, 5) is 16.4. The van der Waals surface area contributed by atoms with Crippen LogP contribution in [0.5, 0.6) is 0 Å². The van der Waals surface area contributed by atoms with E-state index >= 15 is 0 Å². The number of hydrogen-bond donors (Lipinski definition) is 1. The first-order chi connectivity index (χ1) is 13.3. The molecule has 0 amide bonds. The molecule has 9 heteroatoms. The van der Waals surface area contributed by atoms with Crippen LogP contribution in [-0.2, 0) is 16.9 Å². The maximum absolute atomic E-state index is 13.1. The van der Waals surface area contributed by atoms with Crippen molar-refractivity contribution in [3.63, 3.8) is 0 Å². The quantitative estimate of drug-likeness (QED) is 0.505. The Balaban J connectivity index is 1.56. The first kappa shape index (κ1) is 19.2. The molecule has 148 valence electrons. The highest BCUT2D eigenvalue weighted by atomic mass is 32.2. The molecule has 1 aromatic carbocycles. The zero-order valence-corrected chi connectivity index (χ0v) is 17.6. The average Bonchev–Trinajstić information content (AvgIpc) is 3.29. The Morgan fingerprint density at radius 2 is 2.07 bits per heavy atom. The van der Waals surface area contributed by atoms with E-state index in [0.29, 0.717) is 23.0 Å². The van der Waals surface area contributed by atoms with Crippen LogP contribution in [0, 0.1) is 6.92 Å². The Morgan fingerprint density at radius 3 is 2.79 bits per heavy atom. The van der Waals surface area contributed by atoms with E-state index in [-0.39, 0.29) is 28.5 Å². The fourth-order valence-electron chi connectivity index (χ4n) is 3.79. The van der Waals surface area contributed by atoms with Gasteiger partial charge in [0.1, 0.15) is 5.82 Å². The summed E-state index contributed by atoms with van der Waals surface area (Å²) in [6, 6.07) is 7.77. The van der Waals surface area contributed by atoms with Gasteiger partial charge in [-0.05, 0) is 26.3 Å². The van der Waals surface area contributed by atoms with E-state index in [1.165, 1.54) is 11.8 Å². The Bertz CT molecular complexity index is 1160. The fourth-order valence-corrected chi connectivity index (χ4v) is 6.41. The third kappa shape index (κ3) is 3.37. The van der Waals surface area contributed by atoms with Crippen LogP contribution in [0.2, 0.25) is 0 Å². The van der Waals surface area contributed by atoms with E-state index in [2.05, 4.69) is 15.2 Å². The molecule has 1 fully saturated rings. The van der Waals surface area contributed by atoms with Crippen LogP contribution in [-0.4, -0.2) is 50.7 Å². The van der Waals surface area contributed by atoms with Crippen LogP contribution in [0.3, 0.4) is 0 Å². The monoisotopic (exact) mass is 418 g/mol. The lowest BCUT2D eigenvalue weighted by Gasteiger charge is -2.11. The number of thioether (sulfide) groups is 1. The van der Waals surface area contributed by atoms with E-state index in [9.17, 15) is 13.2 Å². The number of nitrogens with one attached hydrogen (secondary N) is 1. The zero-order chi connectivity index (χ0) is 20.1. The minimum Gasteiger partial charge on any atom is -0.358 e. The molecule has 1 aliphatic rings. The number of benzene rings is 1. The number of Topliss-reactive ketones (excluding diaryl/α,β-unsaturated/α-hetero) is 1. The van der Waals surface area contributed by atoms with Crippen LogP contribution in [0.4, 0.5) is 0 Å². The van der Waals surface area contributed by atoms with Gasteiger partial charge in [0.15, 0.2) is 20.8 Å². The van der Waals surface area contributed by atoms with Gasteiger partial charge in [-0.25, -0.2) is 8.42 Å². The summed E-state index contributed by atoms with van der Waals surface area (Å²) in [6.45, 7) is 3.77. The number of sulfone groups is 1. The van der Waals surface area contributed by atoms with Crippen molar-refractivity contribution in [1.82, 2.24) is 19.7 Å². The van der Waals surface area contributed by atoms with E-state index < -0.39 is 9.84 Å². The number of rotatable bonds is 5. The predicted octanol–water partition coefficient (Wildman–Crippen LogP) is 2.87. The normalized spacial score (nSPS) is 19.9. The van der Waals surface area contributed by atoms with E-state index in [1.807, 2.05) is 49.7 Å². The molecule has 3 heterocycles. The van der Waals surface area contributed by atoms with Crippen molar-refractivity contribution in [3.05, 3.63) is 41.3 Å². The Labute approximate surface area is 167 Å². The lowest BCUT2D eigenvalue weighted by Crippen LogP contribution is -2.15. The maximum atomic E-state index is 13.1. The van der Waals surface area contributed by atoms with Gasteiger partial charge in [-0.1, -0.05) is 30.0 Å². The molecule has 2 atom stereocenters. The summed E-state index contributed by atoms with van der Waals surface area (Å²) >= 11 is 1.35. The molecule has 3 aromatic rings. The third-order valence-corrected chi connectivity index (χ3v) is 8.16. The number of hydrogen-bond acceptors (Lipinski definition) is 6. The summed E-state index contributed by atoms with van der Waals surface area (Å²) < 4.78 is 25.3. The number of aromatic amines is 1. The Hall–Kier alpha value is -2.13. The number of carbonyl (C=O) groups is 1. The zero-order valence-electron chi connectivity index (χ0n) is 16.0. The van der Waals surface area contributed by atoms with Gasteiger partial charge < -0.3 is 9.55 Å². The highest BCUT2D eigenvalue weighted by Crippen LogP contribution is 2.32. The molecule has 4 rings (SSSR count). The molecular weight excluding hydrogens is 396 g/mol. The van der Waals surface area contributed by atoms with Gasteiger partial charge in [-0.2, -0.15) is 0 Å². The number of ketones is 1. The average molecular weight is 419 g/mol. The van der Waals surface area contributed by atoms with Crippen molar-refractivity contribution in [2.45, 2.75) is 36.6 Å². The molecule has 1 saturated heterocycles. The molecule has 0 spiro atoms. The second kappa shape index (κ2) is 7.04. The third-order valence-electron chi connectivity index (χ3n) is 5.26. The van der Waals surface area contributed by atoms with Gasteiger partial charge in [-0.15, -0.1) is 10.2 Å². The summed E-state index contributed by atoms with van der Waals surface area (Å²) in [7, 11) is -1.16. The van der Waals surface area contributed by atoms with Gasteiger partial charge in [0.2, 0.25) is 0 Å². The summed E-state index contributed by atoms with van der Waals surface area (Å²) in [5.74, 6) is 0.896. The topological polar surface area (TPSA) is 97.7 Å². The number of aromatic nitrogens is 4. The summed E-state index contributed by atoms with van der Waals surface area (Å²) in [5.41, 5.74) is 2.51. The fraction of sp³-hybridized carbons (Fsp3) is 0.421. The van der Waals surface area contributed by atoms with E-state index in [1.54, 1.807) is 0 Å². The predicted molar refractivity (Wildman–Crippen MR) is 110 cm³/mol. The molecule has 7 nitrogen and oxygen atoms in total. The summed E-state index contributed by atoms with van der Waals surface area (Å²) in [6.07, 6.45) is 0.571. The number of aryl methyl sites for hydroxylation is 1. The first-order valence-electron chi connectivity index (χ1n) is 9.14. The highest BCUT2D eigenvalue weighted by molar-refractivity contribution is 8.00. The van der Waals surface area contributed by atoms with Gasteiger partial charge in [0.05, 0.1) is 16.8 Å². The highest BCUT2D eigenvalue weighted by Gasteiger charge is 2.33. The number of para-hydroxylation sites is 1. The molecule has 0 saturated carbocycles. The van der Waals surface area contributed by atoms with E-state index in [0.717, 1.165) is 16.6 Å². The molecule has 2 aromatic heterocycles. The van der Waals surface area contributed by atoms with Gasteiger partial charge in [0, 0.05) is 35.1 Å². The molecule has 0 radical (unpaired) electrons. The van der Waals surface area contributed by atoms with Crippen LogP contribution in [0.25, 0.3) is 10.9 Å². The van der Waals surface area contributed by atoms with Crippen molar-refractivity contribution < 1.29 is 13.2 Å².